The Morgan fingerprint density at radius 3 is 2.87 bits per heavy atom. The second-order valence-corrected chi connectivity index (χ2v) is 10.0. The van der Waals surface area contributed by atoms with Crippen LogP contribution in [0.2, 0.25) is 0 Å². The summed E-state index contributed by atoms with van der Waals surface area (Å²) >= 11 is 0. The smallest absolute Gasteiger partial charge is 0.308 e. The Balaban J connectivity index is 1.43. The highest BCUT2D eigenvalue weighted by molar-refractivity contribution is 5.94. The van der Waals surface area contributed by atoms with Gasteiger partial charge in [0.05, 0.1) is 37.2 Å². The highest BCUT2D eigenvalue weighted by Crippen LogP contribution is 2.41. The number of carboxylic acid groups (broad SMARTS) is 1. The summed E-state index contributed by atoms with van der Waals surface area (Å²) in [7, 11) is 0. The van der Waals surface area contributed by atoms with E-state index in [1.807, 2.05) is 29.2 Å². The number of anilines is 1. The minimum absolute atomic E-state index is 0.0558. The third-order valence-electron chi connectivity index (χ3n) is 7.64. The average molecular weight is 519 g/mol. The first-order valence-electron chi connectivity index (χ1n) is 13.4. The lowest BCUT2D eigenvalue weighted by molar-refractivity contribution is -0.143. The number of aromatic nitrogens is 2. The second kappa shape index (κ2) is 11.8. The molecule has 9 heteroatoms. The first-order valence-corrected chi connectivity index (χ1v) is 13.4. The van der Waals surface area contributed by atoms with Gasteiger partial charge in [0.25, 0.3) is 0 Å². The maximum absolute atomic E-state index is 13.7. The number of likely N-dealkylation sites (tertiary alicyclic amines) is 1. The van der Waals surface area contributed by atoms with E-state index in [0.717, 1.165) is 41.8 Å². The van der Waals surface area contributed by atoms with Gasteiger partial charge in [-0.25, -0.2) is 4.98 Å². The number of unbranched alkanes of at least 4 members (excludes halogenated alkanes) is 1. The number of aryl methyl sites for hydroxylation is 1. The average Bonchev–Trinajstić information content (AvgIpc) is 3.68. The van der Waals surface area contributed by atoms with Crippen molar-refractivity contribution in [1.29, 1.82) is 0 Å². The molecule has 200 valence electrons. The minimum Gasteiger partial charge on any atom is -0.493 e. The molecule has 0 bridgehead atoms. The Morgan fingerprint density at radius 1 is 1.24 bits per heavy atom. The number of carbonyl (C=O) groups excluding carboxylic acids is 1. The van der Waals surface area contributed by atoms with Crippen molar-refractivity contribution >= 4 is 17.6 Å². The van der Waals surface area contributed by atoms with E-state index in [4.69, 9.17) is 9.15 Å². The van der Waals surface area contributed by atoms with Gasteiger partial charge in [0.2, 0.25) is 5.91 Å². The largest absolute Gasteiger partial charge is 0.493 e. The van der Waals surface area contributed by atoms with Crippen LogP contribution in [0.3, 0.4) is 0 Å². The summed E-state index contributed by atoms with van der Waals surface area (Å²) in [4.78, 5) is 38.7. The molecule has 0 aliphatic carbocycles. The fourth-order valence-corrected chi connectivity index (χ4v) is 5.76. The third-order valence-corrected chi connectivity index (χ3v) is 7.64. The topological polar surface area (TPSA) is 109 Å². The van der Waals surface area contributed by atoms with Crippen LogP contribution in [0.4, 0.5) is 5.69 Å². The van der Waals surface area contributed by atoms with Crippen LogP contribution in [0.15, 0.2) is 59.6 Å². The Morgan fingerprint density at radius 2 is 2.13 bits per heavy atom. The number of ether oxygens (including phenoxy) is 1. The van der Waals surface area contributed by atoms with E-state index in [0.29, 0.717) is 38.4 Å². The Bertz CT molecular complexity index is 1230. The van der Waals surface area contributed by atoms with Crippen LogP contribution in [-0.2, 0) is 22.4 Å². The van der Waals surface area contributed by atoms with E-state index in [1.54, 1.807) is 23.5 Å². The van der Waals surface area contributed by atoms with E-state index in [1.165, 1.54) is 6.26 Å². The number of hydrogen-bond donors (Lipinski definition) is 1. The number of carboxylic acids is 1. The van der Waals surface area contributed by atoms with Crippen LogP contribution in [0, 0.1) is 5.92 Å². The number of amides is 1. The summed E-state index contributed by atoms with van der Waals surface area (Å²) in [6, 6.07) is 9.37. The number of fused-ring (bicyclic) bond motifs is 1. The summed E-state index contributed by atoms with van der Waals surface area (Å²) < 4.78 is 11.1. The van der Waals surface area contributed by atoms with Crippen molar-refractivity contribution in [2.75, 3.05) is 31.1 Å². The van der Waals surface area contributed by atoms with Gasteiger partial charge in [-0.1, -0.05) is 25.5 Å². The molecule has 1 fully saturated rings. The summed E-state index contributed by atoms with van der Waals surface area (Å²) in [5.41, 5.74) is 2.85. The number of aliphatic carboxylic acids is 1. The summed E-state index contributed by atoms with van der Waals surface area (Å²) in [5, 5.41) is 10.4. The number of carbonyl (C=O) groups is 2. The molecule has 3 atom stereocenters. The normalized spacial score (nSPS) is 20.7. The molecular weight excluding hydrogens is 484 g/mol. The molecule has 2 aliphatic rings. The van der Waals surface area contributed by atoms with E-state index >= 15 is 0 Å². The molecule has 2 aromatic heterocycles. The fraction of sp³-hybridized carbons (Fsp3) is 0.448. The van der Waals surface area contributed by atoms with Crippen molar-refractivity contribution in [2.24, 2.45) is 5.92 Å². The molecule has 1 amide bonds. The zero-order valence-electron chi connectivity index (χ0n) is 21.7. The Labute approximate surface area is 222 Å². The first kappa shape index (κ1) is 25.9. The van der Waals surface area contributed by atoms with Gasteiger partial charge < -0.3 is 19.2 Å². The van der Waals surface area contributed by atoms with Crippen molar-refractivity contribution in [3.05, 3.63) is 72.2 Å². The maximum Gasteiger partial charge on any atom is 0.308 e. The number of oxazole rings is 1. The number of nitrogens with zero attached hydrogens (tertiary/aromatic N) is 4. The summed E-state index contributed by atoms with van der Waals surface area (Å²) in [5.74, 6) is -0.384. The highest BCUT2D eigenvalue weighted by atomic mass is 16.5. The zero-order chi connectivity index (χ0) is 26.5. The maximum atomic E-state index is 13.7. The monoisotopic (exact) mass is 518 g/mol. The van der Waals surface area contributed by atoms with Gasteiger partial charge in [-0.3, -0.25) is 19.5 Å². The third kappa shape index (κ3) is 5.57. The molecular formula is C29H34N4O5. The van der Waals surface area contributed by atoms with Crippen molar-refractivity contribution < 1.29 is 23.8 Å². The van der Waals surface area contributed by atoms with Crippen molar-refractivity contribution in [2.45, 2.75) is 51.0 Å². The molecule has 1 unspecified atom stereocenters. The quantitative estimate of drug-likeness (QED) is 0.407. The van der Waals surface area contributed by atoms with Crippen LogP contribution < -0.4 is 9.64 Å². The Hall–Kier alpha value is -3.72. The SMILES string of the molecule is CCCCN(C(=O)CN1C[C@H](c2ccc3c(c2)CCO3)C(C(=O)O)[C@@H]1CCc1ncco1)c1cccnc1. The molecule has 0 spiro atoms. The molecule has 1 aromatic carbocycles. The summed E-state index contributed by atoms with van der Waals surface area (Å²) in [6.07, 6.45) is 10.2. The fourth-order valence-electron chi connectivity index (χ4n) is 5.76. The van der Waals surface area contributed by atoms with Crippen LogP contribution >= 0.6 is 0 Å². The first-order chi connectivity index (χ1) is 18.5. The van der Waals surface area contributed by atoms with Gasteiger partial charge in [0.1, 0.15) is 12.0 Å². The zero-order valence-corrected chi connectivity index (χ0v) is 21.7. The van der Waals surface area contributed by atoms with Gasteiger partial charge in [-0.15, -0.1) is 0 Å². The van der Waals surface area contributed by atoms with Crippen LogP contribution in [-0.4, -0.2) is 64.1 Å². The predicted molar refractivity (Wildman–Crippen MR) is 141 cm³/mol. The van der Waals surface area contributed by atoms with Crippen molar-refractivity contribution in [1.82, 2.24) is 14.9 Å². The molecule has 4 heterocycles. The van der Waals surface area contributed by atoms with E-state index < -0.39 is 11.9 Å². The van der Waals surface area contributed by atoms with Crippen LogP contribution in [0.25, 0.3) is 0 Å². The molecule has 3 aromatic rings. The Kier molecular flexibility index (Phi) is 8.03. The van der Waals surface area contributed by atoms with Gasteiger partial charge in [-0.05, 0) is 42.2 Å². The van der Waals surface area contributed by atoms with E-state index in [2.05, 4.69) is 23.0 Å². The molecule has 1 saturated heterocycles. The number of rotatable bonds is 11. The molecule has 5 rings (SSSR count). The second-order valence-electron chi connectivity index (χ2n) is 10.0. The molecule has 2 aliphatic heterocycles. The molecule has 1 N–H and O–H groups in total. The lowest BCUT2D eigenvalue weighted by Crippen LogP contribution is -2.44. The molecule has 0 radical (unpaired) electrons. The summed E-state index contributed by atoms with van der Waals surface area (Å²) in [6.45, 7) is 3.94. The lowest BCUT2D eigenvalue weighted by atomic mass is 9.83. The van der Waals surface area contributed by atoms with Gasteiger partial charge in [-0.2, -0.15) is 0 Å². The van der Waals surface area contributed by atoms with Gasteiger partial charge in [0, 0.05) is 44.1 Å². The van der Waals surface area contributed by atoms with E-state index in [9.17, 15) is 14.7 Å². The number of hydrogen-bond acceptors (Lipinski definition) is 7. The van der Waals surface area contributed by atoms with Crippen molar-refractivity contribution in [3.8, 4) is 5.75 Å². The molecule has 0 saturated carbocycles. The highest BCUT2D eigenvalue weighted by Gasteiger charge is 2.47. The van der Waals surface area contributed by atoms with Gasteiger partial charge in [0.15, 0.2) is 5.89 Å². The number of pyridine rings is 1. The number of benzene rings is 1. The van der Waals surface area contributed by atoms with Crippen LogP contribution in [0.1, 0.15) is 49.1 Å². The van der Waals surface area contributed by atoms with E-state index in [-0.39, 0.29) is 24.4 Å². The van der Waals surface area contributed by atoms with Gasteiger partial charge >= 0.3 is 5.97 Å². The molecule has 38 heavy (non-hydrogen) atoms. The standard InChI is InChI=1S/C29H34N4O5/c1-2-3-13-33(22-5-4-11-30-17-22)27(34)19-32-18-23(20-6-8-25-21(16-20)10-14-37-25)28(29(35)36)24(32)7-9-26-31-12-15-38-26/h4-6,8,11-12,15-17,23-24,28H,2-3,7,9-10,13-14,18-19H2,1H3,(H,35,36)/t23-,24+,28?/m1/s1. The predicted octanol–water partition coefficient (Wildman–Crippen LogP) is 3.94. The van der Waals surface area contributed by atoms with Crippen molar-refractivity contribution in [3.63, 3.8) is 0 Å². The minimum atomic E-state index is -0.853. The lowest BCUT2D eigenvalue weighted by Gasteiger charge is -2.29. The van der Waals surface area contributed by atoms with Crippen LogP contribution in [0.5, 0.6) is 5.75 Å². The molecule has 9 nitrogen and oxygen atoms in total.